The number of nitrogens with one attached hydrogen (secondary N) is 3. The number of aromatic nitrogens is 1. The number of aromatic amines is 1. The number of hydroxylamine groups is 1. The molecule has 0 bridgehead atoms. The van der Waals surface area contributed by atoms with Gasteiger partial charge in [-0.2, -0.15) is 0 Å². The molecule has 0 saturated heterocycles. The van der Waals surface area contributed by atoms with Crippen LogP contribution in [0.3, 0.4) is 0 Å². The average molecular weight is 442 g/mol. The van der Waals surface area contributed by atoms with Crippen LogP contribution in [0.15, 0.2) is 72.9 Å². The number of fused-ring (bicyclic) bond motifs is 1. The van der Waals surface area contributed by atoms with E-state index in [1.165, 1.54) is 17.7 Å². The zero-order chi connectivity index (χ0) is 23.6. The molecule has 0 unspecified atom stereocenters. The molecule has 1 aromatic heterocycles. The van der Waals surface area contributed by atoms with Gasteiger partial charge < -0.3 is 10.3 Å². The molecule has 6 nitrogen and oxygen atoms in total. The van der Waals surface area contributed by atoms with Crippen molar-refractivity contribution in [3.63, 3.8) is 0 Å². The second-order valence-corrected chi connectivity index (χ2v) is 9.14. The lowest BCUT2D eigenvalue weighted by atomic mass is 9.86. The summed E-state index contributed by atoms with van der Waals surface area (Å²) in [5, 5.41) is 12.6. The number of anilines is 1. The van der Waals surface area contributed by atoms with Crippen LogP contribution in [0.25, 0.3) is 22.0 Å². The summed E-state index contributed by atoms with van der Waals surface area (Å²) in [5.41, 5.74) is 7.98. The number of H-pyrrole nitrogens is 1. The predicted octanol–water partition coefficient (Wildman–Crippen LogP) is 5.43. The number of benzene rings is 3. The van der Waals surface area contributed by atoms with Crippen molar-refractivity contribution in [2.75, 3.05) is 5.32 Å². The van der Waals surface area contributed by atoms with E-state index >= 15 is 0 Å². The molecule has 3 aromatic carbocycles. The molecule has 2 amide bonds. The Morgan fingerprint density at radius 1 is 0.909 bits per heavy atom. The molecule has 0 aliphatic heterocycles. The Balaban J connectivity index is 1.51. The minimum absolute atomic E-state index is 0.106. The van der Waals surface area contributed by atoms with Gasteiger partial charge in [-0.25, -0.2) is 5.48 Å². The van der Waals surface area contributed by atoms with E-state index in [0.717, 1.165) is 27.6 Å². The van der Waals surface area contributed by atoms with Crippen molar-refractivity contribution in [1.82, 2.24) is 10.5 Å². The summed E-state index contributed by atoms with van der Waals surface area (Å²) >= 11 is 0. The summed E-state index contributed by atoms with van der Waals surface area (Å²) < 4.78 is 0. The molecule has 0 saturated carbocycles. The summed E-state index contributed by atoms with van der Waals surface area (Å²) in [7, 11) is 0. The third-order valence-corrected chi connectivity index (χ3v) is 5.74. The molecule has 1 heterocycles. The van der Waals surface area contributed by atoms with Gasteiger partial charge in [-0.15, -0.1) is 0 Å². The highest BCUT2D eigenvalue weighted by Crippen LogP contribution is 2.29. The fourth-order valence-electron chi connectivity index (χ4n) is 3.81. The summed E-state index contributed by atoms with van der Waals surface area (Å²) in [6.45, 7) is 6.60. The summed E-state index contributed by atoms with van der Waals surface area (Å²) in [4.78, 5) is 27.3. The Hall–Kier alpha value is -3.90. The molecule has 0 aliphatic rings. The average Bonchev–Trinajstić information content (AvgIpc) is 3.20. The summed E-state index contributed by atoms with van der Waals surface area (Å²) in [6.07, 6.45) is 2.08. The zero-order valence-corrected chi connectivity index (χ0v) is 18.9. The van der Waals surface area contributed by atoms with Gasteiger partial charge in [0.15, 0.2) is 0 Å². The standard InChI is InChI=1S/C27H27N3O3/c1-27(2,3)21-9-4-17(5-10-21)19-8-13-24-23(14-19)20(16-28-24)15-25(31)29-22-11-6-18(7-12-22)26(32)30-33/h4-14,16,28,33H,15H2,1-3H3,(H,29,31)(H,30,32). The Bertz CT molecular complexity index is 1300. The van der Waals surface area contributed by atoms with Crippen molar-refractivity contribution < 1.29 is 14.8 Å². The number of rotatable bonds is 5. The van der Waals surface area contributed by atoms with Gasteiger partial charge in [-0.05, 0) is 64.1 Å². The molecule has 0 radical (unpaired) electrons. The van der Waals surface area contributed by atoms with E-state index in [0.29, 0.717) is 11.3 Å². The molecule has 4 N–H and O–H groups in total. The second-order valence-electron chi connectivity index (χ2n) is 9.14. The van der Waals surface area contributed by atoms with Crippen LogP contribution in [0, 0.1) is 0 Å². The van der Waals surface area contributed by atoms with E-state index in [2.05, 4.69) is 67.5 Å². The maximum atomic E-state index is 12.6. The third-order valence-electron chi connectivity index (χ3n) is 5.74. The van der Waals surface area contributed by atoms with E-state index in [4.69, 9.17) is 5.21 Å². The highest BCUT2D eigenvalue weighted by atomic mass is 16.5. The number of hydrogen-bond acceptors (Lipinski definition) is 3. The topological polar surface area (TPSA) is 94.2 Å². The first kappa shape index (κ1) is 22.3. The molecule has 4 rings (SSSR count). The normalized spacial score (nSPS) is 11.4. The Morgan fingerprint density at radius 3 is 2.21 bits per heavy atom. The van der Waals surface area contributed by atoms with Gasteiger partial charge in [0.2, 0.25) is 5.91 Å². The molecular formula is C27H27N3O3. The Morgan fingerprint density at radius 2 is 1.58 bits per heavy atom. The van der Waals surface area contributed by atoms with E-state index in [1.807, 2.05) is 12.3 Å². The lowest BCUT2D eigenvalue weighted by Gasteiger charge is -2.19. The molecule has 33 heavy (non-hydrogen) atoms. The second kappa shape index (κ2) is 8.92. The maximum absolute atomic E-state index is 12.6. The van der Waals surface area contributed by atoms with Crippen LogP contribution in [-0.4, -0.2) is 22.0 Å². The summed E-state index contributed by atoms with van der Waals surface area (Å²) in [6, 6.07) is 21.2. The van der Waals surface area contributed by atoms with Crippen molar-refractivity contribution in [3.8, 4) is 11.1 Å². The number of carbonyl (C=O) groups is 2. The van der Waals surface area contributed by atoms with Gasteiger partial charge in [-0.3, -0.25) is 14.8 Å². The molecule has 0 aliphatic carbocycles. The highest BCUT2D eigenvalue weighted by molar-refractivity contribution is 5.98. The minimum Gasteiger partial charge on any atom is -0.361 e. The van der Waals surface area contributed by atoms with Gasteiger partial charge in [0.25, 0.3) is 5.91 Å². The summed E-state index contributed by atoms with van der Waals surface area (Å²) in [5.74, 6) is -0.759. The Labute approximate surface area is 192 Å². The van der Waals surface area contributed by atoms with Crippen molar-refractivity contribution in [2.45, 2.75) is 32.6 Å². The zero-order valence-electron chi connectivity index (χ0n) is 18.9. The first-order chi connectivity index (χ1) is 15.7. The van der Waals surface area contributed by atoms with Crippen LogP contribution < -0.4 is 10.8 Å². The molecule has 4 aromatic rings. The minimum atomic E-state index is -0.601. The van der Waals surface area contributed by atoms with E-state index in [-0.39, 0.29) is 17.7 Å². The number of hydrogen-bond donors (Lipinski definition) is 4. The van der Waals surface area contributed by atoms with E-state index in [1.54, 1.807) is 17.6 Å². The SMILES string of the molecule is CC(C)(C)c1ccc(-c2ccc3[nH]cc(CC(=O)Nc4ccc(C(=O)NO)cc4)c3c2)cc1. The van der Waals surface area contributed by atoms with Gasteiger partial charge in [0.1, 0.15) is 0 Å². The Kier molecular flexibility index (Phi) is 6.03. The van der Waals surface area contributed by atoms with Crippen molar-refractivity contribution in [2.24, 2.45) is 0 Å². The van der Waals surface area contributed by atoms with Crippen LogP contribution in [0.2, 0.25) is 0 Å². The van der Waals surface area contributed by atoms with Gasteiger partial charge >= 0.3 is 0 Å². The van der Waals surface area contributed by atoms with Crippen LogP contribution in [0.5, 0.6) is 0 Å². The third kappa shape index (κ3) is 4.96. The largest absolute Gasteiger partial charge is 0.361 e. The molecule has 6 heteroatoms. The van der Waals surface area contributed by atoms with Crippen LogP contribution in [-0.2, 0) is 16.6 Å². The first-order valence-corrected chi connectivity index (χ1v) is 10.8. The number of amides is 2. The van der Waals surface area contributed by atoms with E-state index < -0.39 is 5.91 Å². The molecule has 168 valence electrons. The lowest BCUT2D eigenvalue weighted by molar-refractivity contribution is -0.115. The molecule has 0 spiro atoms. The smallest absolute Gasteiger partial charge is 0.274 e. The van der Waals surface area contributed by atoms with Crippen LogP contribution >= 0.6 is 0 Å². The van der Waals surface area contributed by atoms with Crippen LogP contribution in [0.4, 0.5) is 5.69 Å². The van der Waals surface area contributed by atoms with Gasteiger partial charge in [-0.1, -0.05) is 51.1 Å². The lowest BCUT2D eigenvalue weighted by Crippen LogP contribution is -2.18. The van der Waals surface area contributed by atoms with E-state index in [9.17, 15) is 9.59 Å². The number of carbonyl (C=O) groups excluding carboxylic acids is 2. The predicted molar refractivity (Wildman–Crippen MR) is 130 cm³/mol. The maximum Gasteiger partial charge on any atom is 0.274 e. The first-order valence-electron chi connectivity index (χ1n) is 10.8. The van der Waals surface area contributed by atoms with Crippen LogP contribution in [0.1, 0.15) is 42.3 Å². The van der Waals surface area contributed by atoms with Gasteiger partial charge in [0, 0.05) is 28.4 Å². The fraction of sp³-hybridized carbons (Fsp3) is 0.185. The fourth-order valence-corrected chi connectivity index (χ4v) is 3.81. The van der Waals surface area contributed by atoms with Crippen molar-refractivity contribution >= 4 is 28.4 Å². The monoisotopic (exact) mass is 441 g/mol. The molecule has 0 atom stereocenters. The molecular weight excluding hydrogens is 414 g/mol. The van der Waals surface area contributed by atoms with Crippen molar-refractivity contribution in [1.29, 1.82) is 0 Å². The molecule has 0 fully saturated rings. The highest BCUT2D eigenvalue weighted by Gasteiger charge is 2.14. The van der Waals surface area contributed by atoms with Gasteiger partial charge in [0.05, 0.1) is 6.42 Å². The quantitative estimate of drug-likeness (QED) is 0.246. The van der Waals surface area contributed by atoms with Crippen molar-refractivity contribution in [3.05, 3.63) is 89.6 Å².